The summed E-state index contributed by atoms with van der Waals surface area (Å²) in [5.41, 5.74) is 1.64. The molecule has 0 atom stereocenters. The number of piperidine rings is 1. The molecule has 6 nitrogen and oxygen atoms in total. The number of hydrogen-bond donors (Lipinski definition) is 1. The number of likely N-dealkylation sites (tertiary alicyclic amines) is 1. The van der Waals surface area contributed by atoms with Gasteiger partial charge in [0, 0.05) is 24.2 Å². The highest BCUT2D eigenvalue weighted by Crippen LogP contribution is 2.14. The standard InChI is InChI=1S/C22H23N3O3/c23-16-17-5-4-6-20(15-17)28-14-11-24-21(26)18-7-9-19(10-8-18)22(27)25-12-2-1-3-13-25/h4-10,15H,1-3,11-14H2,(H,24,26). The first-order valence-corrected chi connectivity index (χ1v) is 9.48. The highest BCUT2D eigenvalue weighted by molar-refractivity contribution is 5.97. The normalized spacial score (nSPS) is 13.5. The molecule has 2 aromatic rings. The quantitative estimate of drug-likeness (QED) is 0.785. The number of carbonyl (C=O) groups is 2. The molecule has 1 fully saturated rings. The van der Waals surface area contributed by atoms with Crippen molar-refractivity contribution < 1.29 is 14.3 Å². The Morgan fingerprint density at radius 2 is 1.75 bits per heavy atom. The van der Waals surface area contributed by atoms with Crippen LogP contribution in [0.25, 0.3) is 0 Å². The Labute approximate surface area is 164 Å². The number of nitriles is 1. The fourth-order valence-corrected chi connectivity index (χ4v) is 3.13. The summed E-state index contributed by atoms with van der Waals surface area (Å²) >= 11 is 0. The minimum Gasteiger partial charge on any atom is -0.492 e. The third-order valence-corrected chi connectivity index (χ3v) is 4.66. The van der Waals surface area contributed by atoms with E-state index in [0.29, 0.717) is 35.6 Å². The van der Waals surface area contributed by atoms with Crippen LogP contribution in [0.5, 0.6) is 5.75 Å². The molecule has 0 spiro atoms. The van der Waals surface area contributed by atoms with Crippen LogP contribution in [-0.4, -0.2) is 43.0 Å². The van der Waals surface area contributed by atoms with E-state index in [1.54, 1.807) is 48.5 Å². The number of benzene rings is 2. The number of ether oxygens (including phenoxy) is 1. The predicted molar refractivity (Wildman–Crippen MR) is 105 cm³/mol. The van der Waals surface area contributed by atoms with Crippen molar-refractivity contribution in [3.8, 4) is 11.8 Å². The van der Waals surface area contributed by atoms with Crippen LogP contribution in [0.2, 0.25) is 0 Å². The first-order valence-electron chi connectivity index (χ1n) is 9.48. The molecule has 1 N–H and O–H groups in total. The summed E-state index contributed by atoms with van der Waals surface area (Å²) in [5.74, 6) is 0.403. The topological polar surface area (TPSA) is 82.4 Å². The highest BCUT2D eigenvalue weighted by Gasteiger charge is 2.18. The maximum atomic E-state index is 12.5. The van der Waals surface area contributed by atoms with E-state index in [0.717, 1.165) is 25.9 Å². The zero-order valence-corrected chi connectivity index (χ0v) is 15.7. The maximum absolute atomic E-state index is 12.5. The molecule has 144 valence electrons. The summed E-state index contributed by atoms with van der Waals surface area (Å²) in [7, 11) is 0. The van der Waals surface area contributed by atoms with Gasteiger partial charge in [0.2, 0.25) is 0 Å². The lowest BCUT2D eigenvalue weighted by Crippen LogP contribution is -2.35. The minimum absolute atomic E-state index is 0.0275. The van der Waals surface area contributed by atoms with Crippen molar-refractivity contribution in [2.24, 2.45) is 0 Å². The zero-order chi connectivity index (χ0) is 19.8. The molecule has 1 heterocycles. The lowest BCUT2D eigenvalue weighted by Gasteiger charge is -2.26. The van der Waals surface area contributed by atoms with Crippen molar-refractivity contribution in [2.45, 2.75) is 19.3 Å². The van der Waals surface area contributed by atoms with E-state index in [2.05, 4.69) is 11.4 Å². The summed E-state index contributed by atoms with van der Waals surface area (Å²) in [6.45, 7) is 2.24. The smallest absolute Gasteiger partial charge is 0.253 e. The summed E-state index contributed by atoms with van der Waals surface area (Å²) < 4.78 is 5.54. The molecule has 1 aliphatic heterocycles. The monoisotopic (exact) mass is 377 g/mol. The SMILES string of the molecule is N#Cc1cccc(OCCNC(=O)c2ccc(C(=O)N3CCCCC3)cc2)c1. The van der Waals surface area contributed by atoms with Gasteiger partial charge in [0.05, 0.1) is 18.2 Å². The Morgan fingerprint density at radius 1 is 1.04 bits per heavy atom. The third kappa shape index (κ3) is 5.10. The summed E-state index contributed by atoms with van der Waals surface area (Å²) in [4.78, 5) is 26.6. The Hall–Kier alpha value is -3.33. The molecule has 28 heavy (non-hydrogen) atoms. The molecule has 1 saturated heterocycles. The molecule has 0 radical (unpaired) electrons. The Kier molecular flexibility index (Phi) is 6.64. The number of nitrogens with zero attached hydrogens (tertiary/aromatic N) is 2. The molecule has 0 unspecified atom stereocenters. The van der Waals surface area contributed by atoms with E-state index in [-0.39, 0.29) is 11.8 Å². The number of carbonyl (C=O) groups excluding carboxylic acids is 2. The number of hydrogen-bond acceptors (Lipinski definition) is 4. The number of nitrogens with one attached hydrogen (secondary N) is 1. The van der Waals surface area contributed by atoms with Crippen molar-refractivity contribution >= 4 is 11.8 Å². The molecule has 0 aliphatic carbocycles. The number of rotatable bonds is 6. The van der Waals surface area contributed by atoms with E-state index in [9.17, 15) is 9.59 Å². The molecule has 6 heteroatoms. The molecule has 2 aromatic carbocycles. The van der Waals surface area contributed by atoms with Crippen LogP contribution in [0.3, 0.4) is 0 Å². The predicted octanol–water partition coefficient (Wildman–Crippen LogP) is 2.99. The largest absolute Gasteiger partial charge is 0.492 e. The third-order valence-electron chi connectivity index (χ3n) is 4.66. The Bertz CT molecular complexity index is 865. The second kappa shape index (κ2) is 9.56. The van der Waals surface area contributed by atoms with Crippen LogP contribution in [0.4, 0.5) is 0 Å². The minimum atomic E-state index is -0.216. The van der Waals surface area contributed by atoms with Gasteiger partial charge in [-0.2, -0.15) is 5.26 Å². The van der Waals surface area contributed by atoms with Gasteiger partial charge in [0.1, 0.15) is 12.4 Å². The summed E-state index contributed by atoms with van der Waals surface area (Å²) in [5, 5.41) is 11.7. The molecule has 0 saturated carbocycles. The van der Waals surface area contributed by atoms with Crippen LogP contribution in [-0.2, 0) is 0 Å². The first-order chi connectivity index (χ1) is 13.7. The summed E-state index contributed by atoms with van der Waals surface area (Å²) in [6, 6.07) is 15.7. The van der Waals surface area contributed by atoms with Crippen LogP contribution < -0.4 is 10.1 Å². The van der Waals surface area contributed by atoms with Gasteiger partial charge in [-0.15, -0.1) is 0 Å². The van der Waals surface area contributed by atoms with Gasteiger partial charge < -0.3 is 15.0 Å². The molecular weight excluding hydrogens is 354 g/mol. The van der Waals surface area contributed by atoms with Gasteiger partial charge >= 0.3 is 0 Å². The molecule has 0 bridgehead atoms. The van der Waals surface area contributed by atoms with Crippen LogP contribution in [0, 0.1) is 11.3 Å². The van der Waals surface area contributed by atoms with Crippen molar-refractivity contribution in [1.82, 2.24) is 10.2 Å². The molecule has 1 aliphatic rings. The van der Waals surface area contributed by atoms with Gasteiger partial charge in [-0.1, -0.05) is 6.07 Å². The second-order valence-electron chi connectivity index (χ2n) is 6.67. The molecule has 0 aromatic heterocycles. The maximum Gasteiger partial charge on any atom is 0.253 e. The first kappa shape index (κ1) is 19.4. The van der Waals surface area contributed by atoms with Crippen LogP contribution in [0.15, 0.2) is 48.5 Å². The van der Waals surface area contributed by atoms with E-state index in [1.165, 1.54) is 6.42 Å². The average molecular weight is 377 g/mol. The van der Waals surface area contributed by atoms with Gasteiger partial charge in [0.25, 0.3) is 11.8 Å². The average Bonchev–Trinajstić information content (AvgIpc) is 2.77. The van der Waals surface area contributed by atoms with Crippen molar-refractivity contribution in [2.75, 3.05) is 26.2 Å². The van der Waals surface area contributed by atoms with E-state index >= 15 is 0 Å². The second-order valence-corrected chi connectivity index (χ2v) is 6.67. The van der Waals surface area contributed by atoms with E-state index < -0.39 is 0 Å². The van der Waals surface area contributed by atoms with Gasteiger partial charge in [-0.3, -0.25) is 9.59 Å². The molecule has 3 rings (SSSR count). The molecule has 2 amide bonds. The van der Waals surface area contributed by atoms with E-state index in [1.807, 2.05) is 4.90 Å². The fraction of sp³-hybridized carbons (Fsp3) is 0.318. The van der Waals surface area contributed by atoms with Crippen LogP contribution in [0.1, 0.15) is 45.5 Å². The Balaban J connectivity index is 1.46. The molecular formula is C22H23N3O3. The Morgan fingerprint density at radius 3 is 2.46 bits per heavy atom. The van der Waals surface area contributed by atoms with Crippen molar-refractivity contribution in [3.63, 3.8) is 0 Å². The van der Waals surface area contributed by atoms with Gasteiger partial charge in [0.15, 0.2) is 0 Å². The highest BCUT2D eigenvalue weighted by atomic mass is 16.5. The fourth-order valence-electron chi connectivity index (χ4n) is 3.13. The summed E-state index contributed by atoms with van der Waals surface area (Å²) in [6.07, 6.45) is 3.28. The van der Waals surface area contributed by atoms with Crippen molar-refractivity contribution in [1.29, 1.82) is 5.26 Å². The van der Waals surface area contributed by atoms with Gasteiger partial charge in [-0.05, 0) is 61.7 Å². The van der Waals surface area contributed by atoms with Crippen LogP contribution >= 0.6 is 0 Å². The lowest BCUT2D eigenvalue weighted by atomic mass is 10.1. The number of amides is 2. The van der Waals surface area contributed by atoms with Crippen molar-refractivity contribution in [3.05, 3.63) is 65.2 Å². The van der Waals surface area contributed by atoms with E-state index in [4.69, 9.17) is 10.00 Å². The lowest BCUT2D eigenvalue weighted by molar-refractivity contribution is 0.0723. The zero-order valence-electron chi connectivity index (χ0n) is 15.7. The van der Waals surface area contributed by atoms with Gasteiger partial charge in [-0.25, -0.2) is 0 Å².